The zero-order valence-electron chi connectivity index (χ0n) is 18.0. The van der Waals surface area contributed by atoms with Crippen molar-refractivity contribution in [2.45, 2.75) is 32.6 Å². The van der Waals surface area contributed by atoms with E-state index in [1.165, 1.54) is 19.3 Å². The number of aliphatic hydroxyl groups is 1. The third kappa shape index (κ3) is 41.8. The Labute approximate surface area is 180 Å². The first-order chi connectivity index (χ1) is 14.4. The molecule has 3 N–H and O–H groups in total. The molecule has 0 heterocycles. The molecule has 0 aliphatic carbocycles. The molecule has 30 heavy (non-hydrogen) atoms. The van der Waals surface area contributed by atoms with E-state index in [1.807, 2.05) is 0 Å². The zero-order chi connectivity index (χ0) is 22.8. The second-order valence-corrected chi connectivity index (χ2v) is 6.80. The monoisotopic (exact) mass is 464 g/mol. The van der Waals surface area contributed by atoms with Gasteiger partial charge >= 0.3 is 10.4 Å². The van der Waals surface area contributed by atoms with Crippen molar-refractivity contribution < 1.29 is 51.1 Å². The van der Waals surface area contributed by atoms with E-state index in [1.54, 1.807) is 0 Å². The van der Waals surface area contributed by atoms with Gasteiger partial charge in [0.2, 0.25) is 0 Å². The predicted molar refractivity (Wildman–Crippen MR) is 110 cm³/mol. The van der Waals surface area contributed by atoms with Gasteiger partial charge in [-0.3, -0.25) is 9.11 Å². The van der Waals surface area contributed by atoms with Crippen LogP contribution in [0.5, 0.6) is 0 Å². The molecule has 0 aromatic heterocycles. The van der Waals surface area contributed by atoms with Crippen LogP contribution in [0.4, 0.5) is 0 Å². The molecule has 0 spiro atoms. The summed E-state index contributed by atoms with van der Waals surface area (Å²) in [5.74, 6) is 0. The van der Waals surface area contributed by atoms with Crippen LogP contribution in [0.3, 0.4) is 0 Å². The highest BCUT2D eigenvalue weighted by molar-refractivity contribution is 7.79. The first-order valence-corrected chi connectivity index (χ1v) is 11.6. The quantitative estimate of drug-likeness (QED) is 0.155. The lowest BCUT2D eigenvalue weighted by molar-refractivity contribution is -0.0182. The molecule has 0 aliphatic rings. The molecule has 0 saturated carbocycles. The smallest absolute Gasteiger partial charge is 0.394 e. The topological polar surface area (TPSA) is 150 Å². The van der Waals surface area contributed by atoms with Gasteiger partial charge in [0.25, 0.3) is 0 Å². The van der Waals surface area contributed by atoms with E-state index in [9.17, 15) is 0 Å². The molecule has 0 fully saturated rings. The number of hydrogen-bond donors (Lipinski definition) is 3. The molecular formula is C18H40O11S. The minimum absolute atomic E-state index is 0.0427. The minimum atomic E-state index is -4.67. The summed E-state index contributed by atoms with van der Waals surface area (Å²) >= 11 is 0. The molecule has 0 aromatic carbocycles. The Morgan fingerprint density at radius 1 is 0.533 bits per heavy atom. The summed E-state index contributed by atoms with van der Waals surface area (Å²) in [6.07, 6.45) is 4.93. The lowest BCUT2D eigenvalue weighted by Gasteiger charge is -2.08. The van der Waals surface area contributed by atoms with E-state index in [2.05, 4.69) is 6.92 Å². The van der Waals surface area contributed by atoms with Crippen LogP contribution in [-0.2, 0) is 38.8 Å². The molecule has 12 heteroatoms. The van der Waals surface area contributed by atoms with E-state index < -0.39 is 10.4 Å². The van der Waals surface area contributed by atoms with E-state index in [0.717, 1.165) is 13.0 Å². The Kier molecular flexibility index (Phi) is 28.2. The maximum atomic E-state index is 8.74. The highest BCUT2D eigenvalue weighted by atomic mass is 32.3. The fourth-order valence-corrected chi connectivity index (χ4v) is 1.90. The van der Waals surface area contributed by atoms with Crippen molar-refractivity contribution in [2.24, 2.45) is 0 Å². The van der Waals surface area contributed by atoms with Gasteiger partial charge in [-0.2, -0.15) is 8.42 Å². The molecular weight excluding hydrogens is 424 g/mol. The molecule has 0 aromatic rings. The highest BCUT2D eigenvalue weighted by Crippen LogP contribution is 1.98. The van der Waals surface area contributed by atoms with Gasteiger partial charge in [-0.05, 0) is 6.42 Å². The van der Waals surface area contributed by atoms with Crippen molar-refractivity contribution >= 4 is 10.4 Å². The SMILES string of the molecule is CCCCCCOCCOCCOCCOCCOCCOCCO.O=S(=O)(O)O. The first kappa shape index (κ1) is 31.8. The molecule has 0 amide bonds. The minimum Gasteiger partial charge on any atom is -0.394 e. The van der Waals surface area contributed by atoms with Crippen LogP contribution < -0.4 is 0 Å². The predicted octanol–water partition coefficient (Wildman–Crippen LogP) is 1.01. The lowest BCUT2D eigenvalue weighted by Crippen LogP contribution is -2.14. The van der Waals surface area contributed by atoms with Crippen LogP contribution >= 0.6 is 0 Å². The Morgan fingerprint density at radius 2 is 0.833 bits per heavy atom. The van der Waals surface area contributed by atoms with Crippen LogP contribution in [-0.4, -0.2) is 109 Å². The van der Waals surface area contributed by atoms with Crippen molar-refractivity contribution in [3.8, 4) is 0 Å². The fraction of sp³-hybridized carbons (Fsp3) is 1.00. The number of ether oxygens (including phenoxy) is 6. The van der Waals surface area contributed by atoms with Crippen molar-refractivity contribution in [1.82, 2.24) is 0 Å². The molecule has 0 saturated heterocycles. The van der Waals surface area contributed by atoms with Gasteiger partial charge in [-0.1, -0.05) is 26.2 Å². The van der Waals surface area contributed by atoms with Crippen LogP contribution in [0, 0.1) is 0 Å². The molecule has 0 aliphatic heterocycles. The highest BCUT2D eigenvalue weighted by Gasteiger charge is 1.94. The molecule has 0 rings (SSSR count). The van der Waals surface area contributed by atoms with Gasteiger partial charge in [0.15, 0.2) is 0 Å². The molecule has 0 radical (unpaired) electrons. The summed E-state index contributed by atoms with van der Waals surface area (Å²) in [5, 5.41) is 8.51. The normalized spacial score (nSPS) is 11.3. The van der Waals surface area contributed by atoms with Crippen LogP contribution in [0.25, 0.3) is 0 Å². The van der Waals surface area contributed by atoms with Gasteiger partial charge in [0.05, 0.1) is 79.3 Å². The standard InChI is InChI=1S/C18H38O7.H2O4S/c1-2-3-4-5-7-20-9-11-22-13-15-24-17-18-25-16-14-23-12-10-21-8-6-19;1-5(2,3)4/h19H,2-18H2,1H3;(H2,1,2,3,4). The summed E-state index contributed by atoms with van der Waals surface area (Å²) in [4.78, 5) is 0. The van der Waals surface area contributed by atoms with Crippen LogP contribution in [0.1, 0.15) is 32.6 Å². The van der Waals surface area contributed by atoms with Gasteiger partial charge in [-0.15, -0.1) is 0 Å². The largest absolute Gasteiger partial charge is 0.394 e. The van der Waals surface area contributed by atoms with Gasteiger partial charge < -0.3 is 33.5 Å². The van der Waals surface area contributed by atoms with E-state index in [0.29, 0.717) is 72.7 Å². The lowest BCUT2D eigenvalue weighted by atomic mass is 10.2. The number of unbranched alkanes of at least 4 members (excludes halogenated alkanes) is 3. The van der Waals surface area contributed by atoms with Crippen molar-refractivity contribution in [2.75, 3.05) is 85.9 Å². The fourth-order valence-electron chi connectivity index (χ4n) is 1.90. The maximum Gasteiger partial charge on any atom is 0.394 e. The zero-order valence-corrected chi connectivity index (χ0v) is 18.9. The Balaban J connectivity index is 0. The van der Waals surface area contributed by atoms with Crippen LogP contribution in [0.2, 0.25) is 0 Å². The summed E-state index contributed by atoms with van der Waals surface area (Å²) in [5.41, 5.74) is 0. The Bertz CT molecular complexity index is 377. The summed E-state index contributed by atoms with van der Waals surface area (Å²) in [6, 6.07) is 0. The second kappa shape index (κ2) is 26.6. The summed E-state index contributed by atoms with van der Waals surface area (Å²) in [7, 11) is -4.67. The van der Waals surface area contributed by atoms with E-state index in [4.69, 9.17) is 51.1 Å². The van der Waals surface area contributed by atoms with Crippen LogP contribution in [0.15, 0.2) is 0 Å². The Morgan fingerprint density at radius 3 is 1.13 bits per heavy atom. The average molecular weight is 465 g/mol. The molecule has 0 bridgehead atoms. The second-order valence-electron chi connectivity index (χ2n) is 5.91. The molecule has 11 nitrogen and oxygen atoms in total. The molecule has 184 valence electrons. The van der Waals surface area contributed by atoms with Crippen molar-refractivity contribution in [3.63, 3.8) is 0 Å². The number of rotatable bonds is 22. The van der Waals surface area contributed by atoms with Crippen molar-refractivity contribution in [3.05, 3.63) is 0 Å². The third-order valence-corrected chi connectivity index (χ3v) is 3.24. The van der Waals surface area contributed by atoms with E-state index in [-0.39, 0.29) is 6.61 Å². The summed E-state index contributed by atoms with van der Waals surface area (Å²) in [6.45, 7) is 9.03. The molecule has 0 unspecified atom stereocenters. The van der Waals surface area contributed by atoms with Gasteiger partial charge in [0, 0.05) is 6.61 Å². The van der Waals surface area contributed by atoms with Gasteiger partial charge in [0.1, 0.15) is 0 Å². The first-order valence-electron chi connectivity index (χ1n) is 10.2. The maximum absolute atomic E-state index is 8.74. The van der Waals surface area contributed by atoms with E-state index >= 15 is 0 Å². The van der Waals surface area contributed by atoms with Crippen molar-refractivity contribution in [1.29, 1.82) is 0 Å². The van der Waals surface area contributed by atoms with Gasteiger partial charge in [-0.25, -0.2) is 0 Å². The molecule has 0 atom stereocenters. The number of aliphatic hydroxyl groups excluding tert-OH is 1. The summed E-state index contributed by atoms with van der Waals surface area (Å²) < 4.78 is 63.6. The number of hydrogen-bond acceptors (Lipinski definition) is 9. The Hall–Kier alpha value is -0.410. The average Bonchev–Trinajstić information content (AvgIpc) is 2.68. The third-order valence-electron chi connectivity index (χ3n) is 3.24.